The lowest BCUT2D eigenvalue weighted by atomic mass is 9.96. The third-order valence-corrected chi connectivity index (χ3v) is 6.07. The lowest BCUT2D eigenvalue weighted by Crippen LogP contribution is -2.52. The van der Waals surface area contributed by atoms with Crippen LogP contribution in [0.2, 0.25) is 0 Å². The molecule has 2 fully saturated rings. The summed E-state index contributed by atoms with van der Waals surface area (Å²) in [6, 6.07) is 8.83. The lowest BCUT2D eigenvalue weighted by molar-refractivity contribution is -0.123. The van der Waals surface area contributed by atoms with Gasteiger partial charge in [-0.15, -0.1) is 0 Å². The molecule has 0 aromatic heterocycles. The number of hydrogen-bond acceptors (Lipinski definition) is 4. The van der Waals surface area contributed by atoms with Crippen molar-refractivity contribution >= 4 is 5.91 Å². The summed E-state index contributed by atoms with van der Waals surface area (Å²) in [5.74, 6) is 1.30. The van der Waals surface area contributed by atoms with E-state index in [0.717, 1.165) is 43.5 Å². The number of carbonyl (C=O) groups is 1. The van der Waals surface area contributed by atoms with Gasteiger partial charge in [-0.05, 0) is 36.5 Å². The summed E-state index contributed by atoms with van der Waals surface area (Å²) in [5.41, 5.74) is 1.13. The van der Waals surface area contributed by atoms with E-state index < -0.39 is 0 Å². The van der Waals surface area contributed by atoms with Crippen molar-refractivity contribution in [3.63, 3.8) is 0 Å². The lowest BCUT2D eigenvalue weighted by Gasteiger charge is -2.38. The highest BCUT2D eigenvalue weighted by molar-refractivity contribution is 5.78. The van der Waals surface area contributed by atoms with Crippen molar-refractivity contribution in [2.75, 3.05) is 39.8 Å². The fourth-order valence-electron chi connectivity index (χ4n) is 4.42. The van der Waals surface area contributed by atoms with Gasteiger partial charge in [-0.2, -0.15) is 0 Å². The quantitative estimate of drug-likeness (QED) is 0.798. The Balaban J connectivity index is 1.49. The zero-order valence-electron chi connectivity index (χ0n) is 17.1. The van der Waals surface area contributed by atoms with E-state index in [1.165, 1.54) is 25.7 Å². The van der Waals surface area contributed by atoms with Crippen molar-refractivity contribution < 1.29 is 9.53 Å². The molecule has 3 rings (SSSR count). The highest BCUT2D eigenvalue weighted by atomic mass is 16.5. The van der Waals surface area contributed by atoms with Gasteiger partial charge >= 0.3 is 0 Å². The fourth-order valence-corrected chi connectivity index (χ4v) is 4.42. The molecular formula is C22H35N3O2. The molecule has 1 saturated heterocycles. The maximum absolute atomic E-state index is 12.7. The first-order chi connectivity index (χ1) is 13.1. The Labute approximate surface area is 164 Å². The number of methoxy groups -OCH3 is 1. The Bertz CT molecular complexity index is 588. The summed E-state index contributed by atoms with van der Waals surface area (Å²) >= 11 is 0. The summed E-state index contributed by atoms with van der Waals surface area (Å²) < 4.78 is 5.24. The zero-order valence-corrected chi connectivity index (χ0v) is 17.1. The number of piperazine rings is 1. The van der Waals surface area contributed by atoms with Gasteiger partial charge in [-0.1, -0.05) is 38.8 Å². The number of carbonyl (C=O) groups excluding carboxylic acids is 1. The molecule has 5 nitrogen and oxygen atoms in total. The SMILES string of the molecule is COc1ccc(C(NC(=O)CN2CCN(C3CCCC3)CC2)C(C)C)cc1. The Morgan fingerprint density at radius 2 is 1.74 bits per heavy atom. The van der Waals surface area contributed by atoms with Crippen LogP contribution in [0.25, 0.3) is 0 Å². The van der Waals surface area contributed by atoms with Gasteiger partial charge in [0.2, 0.25) is 5.91 Å². The molecule has 1 heterocycles. The predicted octanol–water partition coefficient (Wildman–Crippen LogP) is 3.07. The molecular weight excluding hydrogens is 338 g/mol. The van der Waals surface area contributed by atoms with Crippen molar-refractivity contribution in [3.8, 4) is 5.75 Å². The molecule has 1 saturated carbocycles. The third-order valence-electron chi connectivity index (χ3n) is 6.07. The first-order valence-corrected chi connectivity index (χ1v) is 10.5. The topological polar surface area (TPSA) is 44.8 Å². The Morgan fingerprint density at radius 3 is 2.30 bits per heavy atom. The van der Waals surface area contributed by atoms with Gasteiger partial charge in [0.1, 0.15) is 5.75 Å². The van der Waals surface area contributed by atoms with Crippen molar-refractivity contribution in [1.82, 2.24) is 15.1 Å². The largest absolute Gasteiger partial charge is 0.497 e. The molecule has 1 amide bonds. The van der Waals surface area contributed by atoms with Gasteiger partial charge < -0.3 is 10.1 Å². The zero-order chi connectivity index (χ0) is 19.2. The summed E-state index contributed by atoms with van der Waals surface area (Å²) in [6.45, 7) is 8.99. The number of benzene rings is 1. The van der Waals surface area contributed by atoms with Crippen LogP contribution in [-0.4, -0.2) is 61.6 Å². The average Bonchev–Trinajstić information content (AvgIpc) is 3.21. The smallest absolute Gasteiger partial charge is 0.234 e. The molecule has 0 radical (unpaired) electrons. The van der Waals surface area contributed by atoms with Crippen molar-refractivity contribution in [1.29, 1.82) is 0 Å². The minimum Gasteiger partial charge on any atom is -0.497 e. The molecule has 0 spiro atoms. The first kappa shape index (κ1) is 20.2. The van der Waals surface area contributed by atoms with Crippen LogP contribution in [0.4, 0.5) is 0 Å². The molecule has 150 valence electrons. The third kappa shape index (κ3) is 5.45. The Hall–Kier alpha value is -1.59. The van der Waals surface area contributed by atoms with E-state index in [1.54, 1.807) is 7.11 Å². The average molecular weight is 374 g/mol. The van der Waals surface area contributed by atoms with Crippen LogP contribution in [0.3, 0.4) is 0 Å². The van der Waals surface area contributed by atoms with E-state index in [-0.39, 0.29) is 11.9 Å². The molecule has 1 aliphatic heterocycles. The Morgan fingerprint density at radius 1 is 1.11 bits per heavy atom. The highest BCUT2D eigenvalue weighted by Crippen LogP contribution is 2.25. The van der Waals surface area contributed by atoms with Gasteiger partial charge in [0.25, 0.3) is 0 Å². The minimum atomic E-state index is 0.0307. The van der Waals surface area contributed by atoms with E-state index in [1.807, 2.05) is 24.3 Å². The highest BCUT2D eigenvalue weighted by Gasteiger charge is 2.27. The van der Waals surface area contributed by atoms with Gasteiger partial charge in [-0.3, -0.25) is 14.6 Å². The van der Waals surface area contributed by atoms with Crippen LogP contribution in [0, 0.1) is 5.92 Å². The van der Waals surface area contributed by atoms with Crippen LogP contribution in [0.15, 0.2) is 24.3 Å². The molecule has 1 atom stereocenters. The van der Waals surface area contributed by atoms with Crippen LogP contribution < -0.4 is 10.1 Å². The Kier molecular flexibility index (Phi) is 7.13. The second-order valence-electron chi connectivity index (χ2n) is 8.31. The predicted molar refractivity (Wildman–Crippen MR) is 109 cm³/mol. The van der Waals surface area contributed by atoms with Crippen LogP contribution in [-0.2, 0) is 4.79 Å². The van der Waals surface area contributed by atoms with E-state index >= 15 is 0 Å². The second kappa shape index (κ2) is 9.56. The monoisotopic (exact) mass is 373 g/mol. The van der Waals surface area contributed by atoms with Gasteiger partial charge in [0.05, 0.1) is 19.7 Å². The number of hydrogen-bond donors (Lipinski definition) is 1. The molecule has 1 aliphatic carbocycles. The number of amides is 1. The molecule has 27 heavy (non-hydrogen) atoms. The molecule has 5 heteroatoms. The minimum absolute atomic E-state index is 0.0307. The molecule has 1 N–H and O–H groups in total. The maximum atomic E-state index is 12.7. The fraction of sp³-hybridized carbons (Fsp3) is 0.682. The van der Waals surface area contributed by atoms with Gasteiger partial charge in [-0.25, -0.2) is 0 Å². The summed E-state index contributed by atoms with van der Waals surface area (Å²) in [7, 11) is 1.67. The standard InChI is InChI=1S/C22H35N3O2/c1-17(2)22(18-8-10-20(27-3)11-9-18)23-21(26)16-24-12-14-25(15-13-24)19-6-4-5-7-19/h8-11,17,19,22H,4-7,12-16H2,1-3H3,(H,23,26). The summed E-state index contributed by atoms with van der Waals surface area (Å²) in [5, 5.41) is 3.25. The second-order valence-corrected chi connectivity index (χ2v) is 8.31. The van der Waals surface area contributed by atoms with E-state index in [2.05, 4.69) is 29.0 Å². The van der Waals surface area contributed by atoms with E-state index in [0.29, 0.717) is 12.5 Å². The first-order valence-electron chi connectivity index (χ1n) is 10.5. The number of ether oxygens (including phenoxy) is 1. The van der Waals surface area contributed by atoms with E-state index in [4.69, 9.17) is 4.74 Å². The summed E-state index contributed by atoms with van der Waals surface area (Å²) in [4.78, 5) is 17.6. The van der Waals surface area contributed by atoms with Gasteiger partial charge in [0, 0.05) is 32.2 Å². The molecule has 2 aliphatic rings. The number of rotatable bonds is 7. The number of nitrogens with one attached hydrogen (secondary N) is 1. The van der Waals surface area contributed by atoms with Crippen molar-refractivity contribution in [2.45, 2.75) is 51.6 Å². The van der Waals surface area contributed by atoms with E-state index in [9.17, 15) is 4.79 Å². The normalized spacial score (nSPS) is 20.7. The molecule has 1 unspecified atom stereocenters. The van der Waals surface area contributed by atoms with Gasteiger partial charge in [0.15, 0.2) is 0 Å². The van der Waals surface area contributed by atoms with Crippen LogP contribution >= 0.6 is 0 Å². The molecule has 1 aromatic rings. The molecule has 0 bridgehead atoms. The van der Waals surface area contributed by atoms with Crippen molar-refractivity contribution in [2.24, 2.45) is 5.92 Å². The van der Waals surface area contributed by atoms with Crippen molar-refractivity contribution in [3.05, 3.63) is 29.8 Å². The molecule has 1 aromatic carbocycles. The number of nitrogens with zero attached hydrogens (tertiary/aromatic N) is 2. The van der Waals surface area contributed by atoms with Crippen LogP contribution in [0.5, 0.6) is 5.75 Å². The van der Waals surface area contributed by atoms with Crippen LogP contribution in [0.1, 0.15) is 51.1 Å². The summed E-state index contributed by atoms with van der Waals surface area (Å²) in [6.07, 6.45) is 5.49. The maximum Gasteiger partial charge on any atom is 0.234 e.